The van der Waals surface area contributed by atoms with Crippen molar-refractivity contribution in [3.05, 3.63) is 57.1 Å². The van der Waals surface area contributed by atoms with Gasteiger partial charge in [0.25, 0.3) is 0 Å². The van der Waals surface area contributed by atoms with Crippen molar-refractivity contribution in [2.24, 2.45) is 0 Å². The van der Waals surface area contributed by atoms with Crippen molar-refractivity contribution in [3.63, 3.8) is 0 Å². The van der Waals surface area contributed by atoms with E-state index >= 15 is 0 Å². The normalized spacial score (nSPS) is 12.5. The number of carbonyl (C=O) groups is 1. The molecule has 130 valence electrons. The summed E-state index contributed by atoms with van der Waals surface area (Å²) in [7, 11) is 0. The maximum atomic E-state index is 12.5. The zero-order valence-electron chi connectivity index (χ0n) is 13.0. The van der Waals surface area contributed by atoms with E-state index in [0.717, 1.165) is 18.2 Å². The van der Waals surface area contributed by atoms with Crippen LogP contribution in [0.3, 0.4) is 0 Å². The number of ketones is 1. The molecular formula is C17H10N2O7. The van der Waals surface area contributed by atoms with Crippen LogP contribution in [-0.2, 0) is 0 Å². The smallest absolute Gasteiger partial charge is 0.315 e. The monoisotopic (exact) mass is 354 g/mol. The number of allylic oxidation sites excluding steroid dienone is 1. The lowest BCUT2D eigenvalue weighted by atomic mass is 10.0. The lowest BCUT2D eigenvalue weighted by molar-refractivity contribution is -0.386. The molecule has 0 radical (unpaired) electrons. The molecule has 0 amide bonds. The Hall–Kier alpha value is -4.06. The molecule has 2 aromatic carbocycles. The molecule has 0 aliphatic carbocycles. The molecule has 3 rings (SSSR count). The molecule has 2 N–H and O–H groups in total. The second-order valence-electron chi connectivity index (χ2n) is 5.23. The number of fused-ring (bicyclic) bond motifs is 1. The highest BCUT2D eigenvalue weighted by molar-refractivity contribution is 6.14. The van der Waals surface area contributed by atoms with Gasteiger partial charge in [-0.25, -0.2) is 0 Å². The van der Waals surface area contributed by atoms with Crippen LogP contribution in [0.4, 0.5) is 5.69 Å². The van der Waals surface area contributed by atoms with E-state index in [-0.39, 0.29) is 23.5 Å². The second-order valence-corrected chi connectivity index (χ2v) is 5.23. The van der Waals surface area contributed by atoms with Crippen molar-refractivity contribution in [1.82, 2.24) is 0 Å². The number of nitro benzene ring substituents is 1. The van der Waals surface area contributed by atoms with Gasteiger partial charge in [-0.05, 0) is 35.9 Å². The first-order valence-corrected chi connectivity index (χ1v) is 7.17. The molecule has 0 saturated heterocycles. The van der Waals surface area contributed by atoms with Gasteiger partial charge in [0.15, 0.2) is 17.2 Å². The summed E-state index contributed by atoms with van der Waals surface area (Å²) in [6.07, 6.45) is 1.08. The van der Waals surface area contributed by atoms with Gasteiger partial charge in [-0.3, -0.25) is 14.9 Å². The van der Waals surface area contributed by atoms with Crippen LogP contribution in [0.1, 0.15) is 15.9 Å². The second kappa shape index (κ2) is 6.45. The largest absolute Gasteiger partial charge is 0.504 e. The van der Waals surface area contributed by atoms with Gasteiger partial charge in [0, 0.05) is 11.6 Å². The Bertz CT molecular complexity index is 1000. The van der Waals surface area contributed by atoms with Gasteiger partial charge in [0.1, 0.15) is 11.6 Å². The van der Waals surface area contributed by atoms with Gasteiger partial charge in [-0.2, -0.15) is 5.26 Å². The molecule has 0 fully saturated rings. The summed E-state index contributed by atoms with van der Waals surface area (Å²) in [6, 6.07) is 8.08. The number of carbonyl (C=O) groups excluding carboxylic acids is 1. The van der Waals surface area contributed by atoms with Crippen molar-refractivity contribution < 1.29 is 29.4 Å². The van der Waals surface area contributed by atoms with E-state index in [9.17, 15) is 30.4 Å². The average Bonchev–Trinajstić information content (AvgIpc) is 3.09. The minimum absolute atomic E-state index is 0.0117. The molecule has 1 heterocycles. The highest BCUT2D eigenvalue weighted by Gasteiger charge is 2.21. The molecule has 0 aromatic heterocycles. The first kappa shape index (κ1) is 16.8. The predicted octanol–water partition coefficient (Wildman–Crippen LogP) is 2.52. The average molecular weight is 354 g/mol. The molecule has 1 aliphatic heterocycles. The van der Waals surface area contributed by atoms with E-state index in [1.54, 1.807) is 6.07 Å². The van der Waals surface area contributed by atoms with Crippen molar-refractivity contribution in [2.75, 3.05) is 6.79 Å². The minimum atomic E-state index is -0.896. The van der Waals surface area contributed by atoms with Crippen LogP contribution in [0.2, 0.25) is 0 Å². The predicted molar refractivity (Wildman–Crippen MR) is 86.9 cm³/mol. The number of phenols is 2. The van der Waals surface area contributed by atoms with Crippen molar-refractivity contribution in [3.8, 4) is 29.1 Å². The molecule has 0 saturated carbocycles. The summed E-state index contributed by atoms with van der Waals surface area (Å²) in [4.78, 5) is 22.5. The molecular weight excluding hydrogens is 344 g/mol. The third kappa shape index (κ3) is 2.99. The zero-order chi connectivity index (χ0) is 18.8. The Kier molecular flexibility index (Phi) is 4.16. The molecule has 2 aromatic rings. The number of rotatable bonds is 4. The van der Waals surface area contributed by atoms with E-state index in [0.29, 0.717) is 11.5 Å². The number of aromatic hydroxyl groups is 2. The number of ether oxygens (including phenoxy) is 2. The maximum Gasteiger partial charge on any atom is 0.315 e. The summed E-state index contributed by atoms with van der Waals surface area (Å²) < 4.78 is 10.3. The quantitative estimate of drug-likeness (QED) is 0.213. The molecule has 9 nitrogen and oxygen atoms in total. The highest BCUT2D eigenvalue weighted by atomic mass is 16.7. The van der Waals surface area contributed by atoms with Crippen molar-refractivity contribution >= 4 is 17.5 Å². The lowest BCUT2D eigenvalue weighted by Gasteiger charge is -2.04. The molecule has 0 bridgehead atoms. The van der Waals surface area contributed by atoms with Gasteiger partial charge in [0.05, 0.1) is 4.92 Å². The summed E-state index contributed by atoms with van der Waals surface area (Å²) in [5, 5.41) is 39.3. The molecule has 1 aliphatic rings. The summed E-state index contributed by atoms with van der Waals surface area (Å²) in [6.45, 7) is 0.0321. The Morgan fingerprint density at radius 2 is 1.96 bits per heavy atom. The SMILES string of the molecule is N#C/C(=C\c1cc(O)c(O)c([N+](=O)[O-])c1)C(=O)c1ccc2c(c1)OCO2. The molecule has 9 heteroatoms. The lowest BCUT2D eigenvalue weighted by Crippen LogP contribution is -2.02. The zero-order valence-corrected chi connectivity index (χ0v) is 13.0. The number of nitro groups is 1. The molecule has 0 spiro atoms. The van der Waals surface area contributed by atoms with E-state index in [1.165, 1.54) is 18.2 Å². The number of Topliss-reactive ketones (excluding diaryl/α,β-unsaturated/α-hetero) is 1. The van der Waals surface area contributed by atoms with E-state index < -0.39 is 27.9 Å². The van der Waals surface area contributed by atoms with Gasteiger partial charge in [-0.1, -0.05) is 0 Å². The molecule has 0 atom stereocenters. The van der Waals surface area contributed by atoms with Crippen LogP contribution < -0.4 is 9.47 Å². The standard InChI is InChI=1S/C17H10N2O7/c18-7-11(3-9-4-12(19(23)24)17(22)13(20)5-9)16(21)10-1-2-14-15(6-10)26-8-25-14/h1-6,20,22H,8H2/b11-3+. The fourth-order valence-electron chi connectivity index (χ4n) is 2.36. The summed E-state index contributed by atoms with van der Waals surface area (Å²) in [5.74, 6) is -1.43. The number of phenolic OH excluding ortho intramolecular Hbond substituents is 2. The summed E-state index contributed by atoms with van der Waals surface area (Å²) in [5.41, 5.74) is -0.885. The number of hydrogen-bond donors (Lipinski definition) is 2. The van der Waals surface area contributed by atoms with Crippen molar-refractivity contribution in [2.45, 2.75) is 0 Å². The number of nitrogens with zero attached hydrogens (tertiary/aromatic N) is 2. The van der Waals surface area contributed by atoms with Gasteiger partial charge in [0.2, 0.25) is 18.3 Å². The van der Waals surface area contributed by atoms with E-state index in [1.807, 2.05) is 0 Å². The topological polar surface area (TPSA) is 143 Å². The first-order chi connectivity index (χ1) is 12.4. The van der Waals surface area contributed by atoms with Crippen LogP contribution in [0.15, 0.2) is 35.9 Å². The third-order valence-corrected chi connectivity index (χ3v) is 3.60. The molecule has 0 unspecified atom stereocenters. The number of nitriles is 1. The minimum Gasteiger partial charge on any atom is -0.504 e. The first-order valence-electron chi connectivity index (χ1n) is 7.17. The number of hydrogen-bond acceptors (Lipinski definition) is 8. The van der Waals surface area contributed by atoms with Crippen LogP contribution in [0.5, 0.6) is 23.0 Å². The van der Waals surface area contributed by atoms with E-state index in [2.05, 4.69) is 0 Å². The summed E-state index contributed by atoms with van der Waals surface area (Å²) >= 11 is 0. The number of benzene rings is 2. The van der Waals surface area contributed by atoms with Crippen LogP contribution in [0, 0.1) is 21.4 Å². The van der Waals surface area contributed by atoms with Crippen LogP contribution in [0.25, 0.3) is 6.08 Å². The Labute approximate surface area is 146 Å². The molecule has 26 heavy (non-hydrogen) atoms. The Morgan fingerprint density at radius 3 is 2.65 bits per heavy atom. The van der Waals surface area contributed by atoms with Crippen LogP contribution >= 0.6 is 0 Å². The fraction of sp³-hybridized carbons (Fsp3) is 0.0588. The maximum absolute atomic E-state index is 12.5. The third-order valence-electron chi connectivity index (χ3n) is 3.60. The van der Waals surface area contributed by atoms with E-state index in [4.69, 9.17) is 9.47 Å². The Morgan fingerprint density at radius 1 is 1.23 bits per heavy atom. The fourth-order valence-corrected chi connectivity index (χ4v) is 2.36. The van der Waals surface area contributed by atoms with Crippen molar-refractivity contribution in [1.29, 1.82) is 5.26 Å². The van der Waals surface area contributed by atoms with Gasteiger partial charge < -0.3 is 19.7 Å². The van der Waals surface area contributed by atoms with Gasteiger partial charge >= 0.3 is 5.69 Å². The van der Waals surface area contributed by atoms with Gasteiger partial charge in [-0.15, -0.1) is 0 Å². The Balaban J connectivity index is 2.00. The van der Waals surface area contributed by atoms with Crippen LogP contribution in [-0.4, -0.2) is 27.7 Å². The highest BCUT2D eigenvalue weighted by Crippen LogP contribution is 2.37.